The van der Waals surface area contributed by atoms with Gasteiger partial charge in [0.2, 0.25) is 0 Å². The molecule has 0 spiro atoms. The van der Waals surface area contributed by atoms with Gasteiger partial charge in [0.25, 0.3) is 0 Å². The van der Waals surface area contributed by atoms with Gasteiger partial charge in [-0.1, -0.05) is 42.5 Å². The molecule has 0 radical (unpaired) electrons. The first kappa shape index (κ1) is 17.2. The first-order valence-corrected chi connectivity index (χ1v) is 9.84. The molecule has 0 saturated carbocycles. The van der Waals surface area contributed by atoms with E-state index in [0.29, 0.717) is 0 Å². The molecular formula is C22H19N3OS. The van der Waals surface area contributed by atoms with Crippen molar-refractivity contribution in [1.82, 2.24) is 4.98 Å². The fourth-order valence-electron chi connectivity index (χ4n) is 3.03. The average Bonchev–Trinajstić information content (AvgIpc) is 3.12. The highest BCUT2D eigenvalue weighted by molar-refractivity contribution is 7.98. The summed E-state index contributed by atoms with van der Waals surface area (Å²) in [4.78, 5) is 17.0. The van der Waals surface area contributed by atoms with E-state index in [4.69, 9.17) is 0 Å². The van der Waals surface area contributed by atoms with Gasteiger partial charge in [0.1, 0.15) is 0 Å². The van der Waals surface area contributed by atoms with E-state index in [-0.39, 0.29) is 6.03 Å². The zero-order chi connectivity index (χ0) is 18.6. The molecule has 1 aromatic heterocycles. The third-order valence-corrected chi connectivity index (χ3v) is 5.05. The Kier molecular flexibility index (Phi) is 4.85. The van der Waals surface area contributed by atoms with E-state index < -0.39 is 0 Å². The van der Waals surface area contributed by atoms with Crippen LogP contribution in [0.3, 0.4) is 0 Å². The topological polar surface area (TPSA) is 56.9 Å². The van der Waals surface area contributed by atoms with Crippen LogP contribution in [0.2, 0.25) is 0 Å². The molecule has 3 aromatic carbocycles. The number of hydrogen-bond acceptors (Lipinski definition) is 2. The van der Waals surface area contributed by atoms with Crippen molar-refractivity contribution >= 4 is 40.1 Å². The maximum atomic E-state index is 12.5. The van der Waals surface area contributed by atoms with E-state index in [9.17, 15) is 4.79 Å². The van der Waals surface area contributed by atoms with Gasteiger partial charge in [-0.15, -0.1) is 11.8 Å². The van der Waals surface area contributed by atoms with Gasteiger partial charge in [-0.05, 0) is 42.7 Å². The summed E-state index contributed by atoms with van der Waals surface area (Å²) in [5, 5.41) is 7.00. The second-order valence-electron chi connectivity index (χ2n) is 6.13. The monoisotopic (exact) mass is 373 g/mol. The molecule has 3 N–H and O–H groups in total. The number of carbonyl (C=O) groups is 1. The van der Waals surface area contributed by atoms with Crippen LogP contribution in [0.15, 0.2) is 83.8 Å². The molecule has 27 heavy (non-hydrogen) atoms. The molecule has 0 aliphatic heterocycles. The number of benzene rings is 3. The minimum absolute atomic E-state index is 0.267. The van der Waals surface area contributed by atoms with Crippen molar-refractivity contribution in [3.05, 3.63) is 78.9 Å². The summed E-state index contributed by atoms with van der Waals surface area (Å²) in [6.07, 6.45) is 2.01. The van der Waals surface area contributed by atoms with Gasteiger partial charge < -0.3 is 15.6 Å². The number of hydrogen-bond donors (Lipinski definition) is 3. The average molecular weight is 373 g/mol. The van der Waals surface area contributed by atoms with Crippen molar-refractivity contribution in [2.24, 2.45) is 0 Å². The van der Waals surface area contributed by atoms with Gasteiger partial charge in [0, 0.05) is 32.7 Å². The van der Waals surface area contributed by atoms with Crippen LogP contribution >= 0.6 is 11.8 Å². The molecule has 4 nitrogen and oxygen atoms in total. The number of aromatic amines is 1. The molecule has 0 aliphatic carbocycles. The van der Waals surface area contributed by atoms with E-state index in [1.54, 1.807) is 11.8 Å². The number of H-pyrrole nitrogens is 1. The predicted molar refractivity (Wildman–Crippen MR) is 115 cm³/mol. The Bertz CT molecular complexity index is 1070. The maximum absolute atomic E-state index is 12.5. The zero-order valence-corrected chi connectivity index (χ0v) is 15.6. The van der Waals surface area contributed by atoms with Crippen LogP contribution in [-0.2, 0) is 0 Å². The van der Waals surface area contributed by atoms with Crippen molar-refractivity contribution in [3.8, 4) is 11.3 Å². The highest BCUT2D eigenvalue weighted by Crippen LogP contribution is 2.30. The Labute approximate surface area is 162 Å². The number of nitrogens with one attached hydrogen (secondary N) is 3. The molecule has 4 aromatic rings. The van der Waals surface area contributed by atoms with Crippen molar-refractivity contribution in [1.29, 1.82) is 0 Å². The predicted octanol–water partition coefficient (Wildman–Crippen LogP) is 6.20. The van der Waals surface area contributed by atoms with Gasteiger partial charge in [0.05, 0.1) is 5.69 Å². The van der Waals surface area contributed by atoms with Crippen molar-refractivity contribution < 1.29 is 4.79 Å². The molecule has 2 amide bonds. The SMILES string of the molecule is CSc1cccc(NC(=O)Nc2ccccc2-c2cc3ccccc3[nH]2)c1. The summed E-state index contributed by atoms with van der Waals surface area (Å²) in [5.74, 6) is 0. The van der Waals surface area contributed by atoms with Crippen molar-refractivity contribution in [2.45, 2.75) is 4.90 Å². The number of aromatic nitrogens is 1. The lowest BCUT2D eigenvalue weighted by Gasteiger charge is -2.11. The highest BCUT2D eigenvalue weighted by Gasteiger charge is 2.10. The van der Waals surface area contributed by atoms with Crippen LogP contribution in [0.1, 0.15) is 0 Å². The van der Waals surface area contributed by atoms with Crippen LogP contribution in [0.25, 0.3) is 22.2 Å². The Morgan fingerprint density at radius 3 is 2.56 bits per heavy atom. The molecular weight excluding hydrogens is 354 g/mol. The number of urea groups is 1. The maximum Gasteiger partial charge on any atom is 0.323 e. The summed E-state index contributed by atoms with van der Waals surface area (Å²) in [5.41, 5.74) is 4.50. The first-order chi connectivity index (χ1) is 13.2. The van der Waals surface area contributed by atoms with Gasteiger partial charge in [-0.25, -0.2) is 4.79 Å². The summed E-state index contributed by atoms with van der Waals surface area (Å²) in [7, 11) is 0. The Balaban J connectivity index is 1.58. The quantitative estimate of drug-likeness (QED) is 0.373. The number of rotatable bonds is 4. The summed E-state index contributed by atoms with van der Waals surface area (Å²) in [6, 6.07) is 25.5. The van der Waals surface area contributed by atoms with E-state index in [1.165, 1.54) is 0 Å². The van der Waals surface area contributed by atoms with Crippen molar-refractivity contribution in [2.75, 3.05) is 16.9 Å². The van der Waals surface area contributed by atoms with Crippen LogP contribution < -0.4 is 10.6 Å². The standard InChI is InChI=1S/C22H19N3OS/c1-27-17-9-6-8-16(14-17)23-22(26)25-20-12-5-3-10-18(20)21-13-15-7-2-4-11-19(15)24-21/h2-14,24H,1H3,(H2,23,25,26). The molecule has 0 unspecified atom stereocenters. The van der Waals surface area contributed by atoms with E-state index in [0.717, 1.165) is 38.4 Å². The summed E-state index contributed by atoms with van der Waals surface area (Å²) < 4.78 is 0. The fourth-order valence-corrected chi connectivity index (χ4v) is 3.49. The lowest BCUT2D eigenvalue weighted by molar-refractivity contribution is 0.262. The fraction of sp³-hybridized carbons (Fsp3) is 0.0455. The third-order valence-electron chi connectivity index (χ3n) is 4.32. The molecule has 0 saturated heterocycles. The molecule has 1 heterocycles. The molecule has 134 valence electrons. The van der Waals surface area contributed by atoms with Crippen LogP contribution in [0.5, 0.6) is 0 Å². The van der Waals surface area contributed by atoms with Crippen LogP contribution in [-0.4, -0.2) is 17.3 Å². The first-order valence-electron chi connectivity index (χ1n) is 8.62. The number of thioether (sulfide) groups is 1. The molecule has 0 aliphatic rings. The largest absolute Gasteiger partial charge is 0.354 e. The van der Waals surface area contributed by atoms with E-state index in [2.05, 4.69) is 27.8 Å². The van der Waals surface area contributed by atoms with E-state index >= 15 is 0 Å². The summed E-state index contributed by atoms with van der Waals surface area (Å²) >= 11 is 1.64. The Morgan fingerprint density at radius 2 is 1.70 bits per heavy atom. The minimum Gasteiger partial charge on any atom is -0.354 e. The molecule has 5 heteroatoms. The van der Waals surface area contributed by atoms with Gasteiger partial charge in [-0.3, -0.25) is 0 Å². The second kappa shape index (κ2) is 7.60. The Morgan fingerprint density at radius 1 is 0.889 bits per heavy atom. The molecule has 0 fully saturated rings. The van der Waals surface area contributed by atoms with Gasteiger partial charge in [0.15, 0.2) is 0 Å². The summed E-state index contributed by atoms with van der Waals surface area (Å²) in [6.45, 7) is 0. The lowest BCUT2D eigenvalue weighted by atomic mass is 10.1. The number of carbonyl (C=O) groups excluding carboxylic acids is 1. The normalized spacial score (nSPS) is 10.7. The molecule has 4 rings (SSSR count). The Hall–Kier alpha value is -3.18. The third kappa shape index (κ3) is 3.83. The number of anilines is 2. The zero-order valence-electron chi connectivity index (χ0n) is 14.8. The number of fused-ring (bicyclic) bond motifs is 1. The van der Waals surface area contributed by atoms with E-state index in [1.807, 2.05) is 73.0 Å². The van der Waals surface area contributed by atoms with Crippen LogP contribution in [0, 0.1) is 0 Å². The highest BCUT2D eigenvalue weighted by atomic mass is 32.2. The molecule has 0 bridgehead atoms. The van der Waals surface area contributed by atoms with Gasteiger partial charge in [-0.2, -0.15) is 0 Å². The van der Waals surface area contributed by atoms with Crippen molar-refractivity contribution in [3.63, 3.8) is 0 Å². The second-order valence-corrected chi connectivity index (χ2v) is 7.01. The molecule has 0 atom stereocenters. The van der Waals surface area contributed by atoms with Crippen LogP contribution in [0.4, 0.5) is 16.2 Å². The number of para-hydroxylation sites is 2. The number of amides is 2. The lowest BCUT2D eigenvalue weighted by Crippen LogP contribution is -2.19. The van der Waals surface area contributed by atoms with Gasteiger partial charge >= 0.3 is 6.03 Å². The minimum atomic E-state index is -0.267. The smallest absolute Gasteiger partial charge is 0.323 e.